The van der Waals surface area contributed by atoms with E-state index in [9.17, 15) is 0 Å². The second-order valence-corrected chi connectivity index (χ2v) is 6.11. The fourth-order valence-electron chi connectivity index (χ4n) is 1.95. The van der Waals surface area contributed by atoms with Gasteiger partial charge in [-0.05, 0) is 25.3 Å². The molecule has 0 amide bonds. The van der Waals surface area contributed by atoms with E-state index in [-0.39, 0.29) is 5.54 Å². The maximum atomic E-state index is 6.24. The van der Waals surface area contributed by atoms with Gasteiger partial charge in [0.05, 0.1) is 11.2 Å². The number of aryl methyl sites for hydroxylation is 1. The van der Waals surface area contributed by atoms with Gasteiger partial charge in [-0.15, -0.1) is 11.3 Å². The highest BCUT2D eigenvalue weighted by Crippen LogP contribution is 2.29. The van der Waals surface area contributed by atoms with Gasteiger partial charge in [0.2, 0.25) is 0 Å². The zero-order valence-electron chi connectivity index (χ0n) is 11.9. The van der Waals surface area contributed by atoms with Crippen LogP contribution in [0.2, 0.25) is 0 Å². The zero-order valence-corrected chi connectivity index (χ0v) is 12.8. The van der Waals surface area contributed by atoms with Crippen LogP contribution in [0.5, 0.6) is 0 Å². The Balaban J connectivity index is 2.23. The summed E-state index contributed by atoms with van der Waals surface area (Å²) in [7, 11) is 0. The summed E-state index contributed by atoms with van der Waals surface area (Å²) < 4.78 is 0. The van der Waals surface area contributed by atoms with Crippen molar-refractivity contribution in [3.8, 4) is 11.3 Å². The molecular formula is C16H22N2S. The average Bonchev–Trinajstić information content (AvgIpc) is 2.90. The fourth-order valence-corrected chi connectivity index (χ4v) is 2.93. The van der Waals surface area contributed by atoms with Crippen LogP contribution >= 0.6 is 11.3 Å². The van der Waals surface area contributed by atoms with Gasteiger partial charge in [0, 0.05) is 10.9 Å². The predicted octanol–water partition coefficient (Wildman–Crippen LogP) is 4.35. The number of nitrogens with zero attached hydrogens (tertiary/aromatic N) is 1. The minimum Gasteiger partial charge on any atom is -0.320 e. The first-order chi connectivity index (χ1) is 9.06. The van der Waals surface area contributed by atoms with E-state index < -0.39 is 0 Å². The Labute approximate surface area is 119 Å². The number of aromatic nitrogens is 1. The minimum atomic E-state index is -0.314. The van der Waals surface area contributed by atoms with Gasteiger partial charge in [-0.3, -0.25) is 0 Å². The lowest BCUT2D eigenvalue weighted by Gasteiger charge is -2.18. The molecule has 0 aliphatic heterocycles. The normalized spacial score (nSPS) is 14.3. The summed E-state index contributed by atoms with van der Waals surface area (Å²) in [6.07, 6.45) is 3.22. The van der Waals surface area contributed by atoms with Crippen molar-refractivity contribution in [2.45, 2.75) is 45.6 Å². The first kappa shape index (κ1) is 14.2. The molecule has 0 saturated heterocycles. The number of hydrogen-bond donors (Lipinski definition) is 1. The number of benzene rings is 1. The second-order valence-electron chi connectivity index (χ2n) is 5.26. The molecule has 1 aromatic carbocycles. The maximum absolute atomic E-state index is 6.24. The smallest absolute Gasteiger partial charge is 0.113 e. The molecule has 2 nitrogen and oxygen atoms in total. The third-order valence-corrected chi connectivity index (χ3v) is 4.64. The van der Waals surface area contributed by atoms with Crippen LogP contribution in [0, 0.1) is 0 Å². The zero-order chi connectivity index (χ0) is 13.9. The summed E-state index contributed by atoms with van der Waals surface area (Å²) >= 11 is 1.65. The van der Waals surface area contributed by atoms with Crippen LogP contribution in [0.25, 0.3) is 11.3 Å². The third-order valence-electron chi connectivity index (χ3n) is 3.52. The number of rotatable bonds is 5. The number of thiazole rings is 1. The monoisotopic (exact) mass is 274 g/mol. The Morgan fingerprint density at radius 1 is 1.21 bits per heavy atom. The lowest BCUT2D eigenvalue weighted by Crippen LogP contribution is -2.31. The second kappa shape index (κ2) is 5.85. The van der Waals surface area contributed by atoms with Gasteiger partial charge in [0.25, 0.3) is 0 Å². The molecule has 1 aromatic heterocycles. The average molecular weight is 274 g/mol. The van der Waals surface area contributed by atoms with Crippen molar-refractivity contribution in [2.24, 2.45) is 5.73 Å². The van der Waals surface area contributed by atoms with Crippen LogP contribution < -0.4 is 5.73 Å². The van der Waals surface area contributed by atoms with Gasteiger partial charge in [0.15, 0.2) is 0 Å². The summed E-state index contributed by atoms with van der Waals surface area (Å²) in [5.41, 5.74) is 9.52. The predicted molar refractivity (Wildman–Crippen MR) is 83.4 cm³/mol. The first-order valence-electron chi connectivity index (χ1n) is 6.91. The van der Waals surface area contributed by atoms with Crippen LogP contribution in [0.15, 0.2) is 29.6 Å². The molecule has 3 heteroatoms. The molecule has 1 atom stereocenters. The molecule has 0 bridgehead atoms. The highest BCUT2D eigenvalue weighted by Gasteiger charge is 2.22. The standard InChI is InChI=1S/C16H22N2S/c1-4-6-12-7-9-13(10-8-12)14-11-19-15(18-14)16(3,17)5-2/h7-11H,4-6,17H2,1-3H3. The Morgan fingerprint density at radius 2 is 1.89 bits per heavy atom. The molecule has 2 N–H and O–H groups in total. The van der Waals surface area contributed by atoms with Gasteiger partial charge in [-0.2, -0.15) is 0 Å². The number of hydrogen-bond acceptors (Lipinski definition) is 3. The molecule has 2 aromatic rings. The fraction of sp³-hybridized carbons (Fsp3) is 0.438. The van der Waals surface area contributed by atoms with E-state index in [1.807, 2.05) is 6.92 Å². The molecule has 0 aliphatic carbocycles. The van der Waals surface area contributed by atoms with E-state index in [0.717, 1.165) is 23.5 Å². The van der Waals surface area contributed by atoms with Crippen LogP contribution in [0.1, 0.15) is 44.2 Å². The molecule has 0 radical (unpaired) electrons. The van der Waals surface area contributed by atoms with E-state index in [0.29, 0.717) is 0 Å². The molecule has 19 heavy (non-hydrogen) atoms. The van der Waals surface area contributed by atoms with Gasteiger partial charge in [-0.25, -0.2) is 4.98 Å². The summed E-state index contributed by atoms with van der Waals surface area (Å²) in [5, 5.41) is 3.12. The van der Waals surface area contributed by atoms with Crippen molar-refractivity contribution in [1.82, 2.24) is 4.98 Å². The van der Waals surface area contributed by atoms with Gasteiger partial charge in [0.1, 0.15) is 5.01 Å². The van der Waals surface area contributed by atoms with Gasteiger partial charge >= 0.3 is 0 Å². The quantitative estimate of drug-likeness (QED) is 0.880. The van der Waals surface area contributed by atoms with Crippen molar-refractivity contribution in [2.75, 3.05) is 0 Å². The van der Waals surface area contributed by atoms with Crippen molar-refractivity contribution >= 4 is 11.3 Å². The molecule has 1 unspecified atom stereocenters. The van der Waals surface area contributed by atoms with Crippen LogP contribution in [0.4, 0.5) is 0 Å². The summed E-state index contributed by atoms with van der Waals surface area (Å²) in [4.78, 5) is 4.69. The first-order valence-corrected chi connectivity index (χ1v) is 7.79. The van der Waals surface area contributed by atoms with Crippen LogP contribution in [-0.4, -0.2) is 4.98 Å². The molecule has 0 saturated carbocycles. The highest BCUT2D eigenvalue weighted by atomic mass is 32.1. The molecule has 0 aliphatic rings. The summed E-state index contributed by atoms with van der Waals surface area (Å²) in [5.74, 6) is 0. The van der Waals surface area contributed by atoms with Gasteiger partial charge in [-0.1, -0.05) is 44.5 Å². The SMILES string of the molecule is CCCc1ccc(-c2csc(C(C)(N)CC)n2)cc1. The topological polar surface area (TPSA) is 38.9 Å². The van der Waals surface area contributed by atoms with E-state index in [1.54, 1.807) is 11.3 Å². The summed E-state index contributed by atoms with van der Waals surface area (Å²) in [6, 6.07) is 8.70. The van der Waals surface area contributed by atoms with Crippen molar-refractivity contribution < 1.29 is 0 Å². The largest absolute Gasteiger partial charge is 0.320 e. The number of nitrogens with two attached hydrogens (primary N) is 1. The third kappa shape index (κ3) is 3.23. The molecule has 102 valence electrons. The lowest BCUT2D eigenvalue weighted by molar-refractivity contribution is 0.474. The van der Waals surface area contributed by atoms with E-state index in [1.165, 1.54) is 17.5 Å². The van der Waals surface area contributed by atoms with E-state index >= 15 is 0 Å². The Morgan fingerprint density at radius 3 is 2.47 bits per heavy atom. The lowest BCUT2D eigenvalue weighted by atomic mass is 10.0. The van der Waals surface area contributed by atoms with Crippen LogP contribution in [0.3, 0.4) is 0 Å². The van der Waals surface area contributed by atoms with Crippen molar-refractivity contribution in [3.05, 3.63) is 40.2 Å². The molecule has 1 heterocycles. The molecule has 0 spiro atoms. The van der Waals surface area contributed by atoms with Crippen molar-refractivity contribution in [3.63, 3.8) is 0 Å². The summed E-state index contributed by atoms with van der Waals surface area (Å²) in [6.45, 7) is 6.34. The van der Waals surface area contributed by atoms with Crippen molar-refractivity contribution in [1.29, 1.82) is 0 Å². The minimum absolute atomic E-state index is 0.314. The Hall–Kier alpha value is -1.19. The Bertz CT molecular complexity index is 526. The molecular weight excluding hydrogens is 252 g/mol. The highest BCUT2D eigenvalue weighted by molar-refractivity contribution is 7.10. The molecule has 0 fully saturated rings. The Kier molecular flexibility index (Phi) is 4.38. The maximum Gasteiger partial charge on any atom is 0.113 e. The van der Waals surface area contributed by atoms with Gasteiger partial charge < -0.3 is 5.73 Å². The van der Waals surface area contributed by atoms with Crippen LogP contribution in [-0.2, 0) is 12.0 Å². The van der Waals surface area contributed by atoms with E-state index in [4.69, 9.17) is 10.7 Å². The van der Waals surface area contributed by atoms with E-state index in [2.05, 4.69) is 43.5 Å². The molecule has 2 rings (SSSR count).